The Morgan fingerprint density at radius 3 is 1.08 bits per heavy atom. The molecule has 16 atom stereocenters. The zero-order valence-electron chi connectivity index (χ0n) is 70.4. The molecule has 0 bridgehead atoms. The van der Waals surface area contributed by atoms with E-state index in [1.54, 1.807) is 27.0 Å². The van der Waals surface area contributed by atoms with Crippen LogP contribution in [0.2, 0.25) is 25.1 Å². The first-order chi connectivity index (χ1) is 59.1. The van der Waals surface area contributed by atoms with Crippen LogP contribution in [-0.4, -0.2) is 89.1 Å². The Labute approximate surface area is 803 Å². The maximum absolute atomic E-state index is 14.3. The summed E-state index contributed by atoms with van der Waals surface area (Å²) in [7, 11) is -6.14. The molecule has 7 aliphatic rings. The summed E-state index contributed by atoms with van der Waals surface area (Å²) in [6.07, 6.45) is 2.36. The molecule has 17 rings (SSSR count). The number of aliphatic hydroxyl groups excluding tert-OH is 1. The summed E-state index contributed by atoms with van der Waals surface area (Å²) in [6, 6.07) is 53.6. The Bertz CT molecular complexity index is 6090. The van der Waals surface area contributed by atoms with Crippen LogP contribution in [0.4, 0.5) is 22.0 Å². The van der Waals surface area contributed by atoms with Crippen molar-refractivity contribution in [1.82, 2.24) is 8.61 Å². The maximum atomic E-state index is 14.3. The molecule has 7 heterocycles. The van der Waals surface area contributed by atoms with Crippen molar-refractivity contribution >= 4 is 182 Å². The van der Waals surface area contributed by atoms with Gasteiger partial charge in [-0.3, -0.25) is 4.79 Å². The average molecular weight is 2200 g/mol. The first kappa shape index (κ1) is 97.7. The smallest absolute Gasteiger partial charge is 0.219 e. The fraction of sp³-hybridized carbons (Fsp3) is 0.340. The van der Waals surface area contributed by atoms with Crippen molar-refractivity contribution in [3.63, 3.8) is 0 Å². The van der Waals surface area contributed by atoms with E-state index in [4.69, 9.17) is 81.7 Å². The average Bonchev–Trinajstić information content (AvgIpc) is 1.52. The number of hydrogen-bond acceptors (Lipinski definition) is 11. The molecule has 7 aliphatic heterocycles. The summed E-state index contributed by atoms with van der Waals surface area (Å²) in [6.45, 7) is 27.1. The molecule has 126 heavy (non-hydrogen) atoms. The largest absolute Gasteiger partial charge is 0.480 e. The number of benzene rings is 10. The third kappa shape index (κ3) is 17.3. The molecular formula is C94H88Br5Cl5F5N3O11S3. The number of aldehydes is 1. The van der Waals surface area contributed by atoms with Gasteiger partial charge in [0.1, 0.15) is 79.8 Å². The van der Waals surface area contributed by atoms with E-state index in [2.05, 4.69) is 91.0 Å². The Balaban J connectivity index is 0.000000136. The Morgan fingerprint density at radius 1 is 0.437 bits per heavy atom. The second-order valence-corrected chi connectivity index (χ2v) is 47.2. The molecule has 32 heteroatoms. The minimum Gasteiger partial charge on any atom is -0.480 e. The fourth-order valence-electron chi connectivity index (χ4n) is 17.0. The van der Waals surface area contributed by atoms with Gasteiger partial charge >= 0.3 is 0 Å². The van der Waals surface area contributed by atoms with E-state index in [1.807, 2.05) is 225 Å². The second kappa shape index (κ2) is 37.0. The molecule has 14 nitrogen and oxygen atoms in total. The predicted octanol–water partition coefficient (Wildman–Crippen LogP) is 26.8. The van der Waals surface area contributed by atoms with Gasteiger partial charge in [0, 0.05) is 134 Å². The highest BCUT2D eigenvalue weighted by atomic mass is 79.9. The Kier molecular flexibility index (Phi) is 28.7. The lowest BCUT2D eigenvalue weighted by Gasteiger charge is -2.34. The van der Waals surface area contributed by atoms with Gasteiger partial charge in [0.15, 0.2) is 34.3 Å². The van der Waals surface area contributed by atoms with Gasteiger partial charge in [-0.15, -0.1) is 0 Å². The van der Waals surface area contributed by atoms with Crippen LogP contribution in [0, 0.1) is 29.1 Å². The molecule has 0 saturated carbocycles. The predicted molar refractivity (Wildman–Crippen MR) is 508 cm³/mol. The highest BCUT2D eigenvalue weighted by Gasteiger charge is 2.67. The van der Waals surface area contributed by atoms with E-state index in [9.17, 15) is 48.7 Å². The van der Waals surface area contributed by atoms with Crippen molar-refractivity contribution in [2.45, 2.75) is 181 Å². The lowest BCUT2D eigenvalue weighted by atomic mass is 9.78. The summed E-state index contributed by atoms with van der Waals surface area (Å²) in [4.78, 5) is 11.8. The van der Waals surface area contributed by atoms with Crippen LogP contribution in [0.25, 0.3) is 0 Å². The van der Waals surface area contributed by atoms with Gasteiger partial charge in [0.05, 0.1) is 64.3 Å². The third-order valence-electron chi connectivity index (χ3n) is 24.0. The van der Waals surface area contributed by atoms with E-state index in [0.717, 1.165) is 56.4 Å². The number of hydrogen-bond donors (Lipinski definition) is 1. The summed E-state index contributed by atoms with van der Waals surface area (Å²) in [5.74, 6) is -1.83. The number of carbonyl (C=O) groups excluding carboxylic acids is 1. The molecule has 0 amide bonds. The quantitative estimate of drug-likeness (QED) is 0.0383. The molecule has 6 unspecified atom stereocenters. The maximum Gasteiger partial charge on any atom is 0.219 e. The molecule has 668 valence electrons. The van der Waals surface area contributed by atoms with Crippen molar-refractivity contribution < 1.29 is 72.4 Å². The van der Waals surface area contributed by atoms with E-state index >= 15 is 0 Å². The topological polar surface area (TPSA) is 170 Å². The first-order valence-electron chi connectivity index (χ1n) is 40.0. The van der Waals surface area contributed by atoms with Gasteiger partial charge in [-0.05, 0) is 159 Å². The lowest BCUT2D eigenvalue weighted by Crippen LogP contribution is -2.44. The molecule has 2 saturated heterocycles. The van der Waals surface area contributed by atoms with Crippen molar-refractivity contribution in [3.05, 3.63) is 314 Å². The van der Waals surface area contributed by atoms with Crippen molar-refractivity contribution in [3.8, 4) is 28.7 Å². The third-order valence-corrected chi connectivity index (χ3v) is 36.9. The summed E-state index contributed by atoms with van der Waals surface area (Å²) >= 11 is 47.2. The van der Waals surface area contributed by atoms with Gasteiger partial charge in [-0.2, -0.15) is 8.70 Å². The number of nitrogens with zero attached hydrogens (tertiary/aromatic N) is 3. The monoisotopic (exact) mass is 2190 g/mol. The Hall–Kier alpha value is -5.83. The van der Waals surface area contributed by atoms with E-state index < -0.39 is 105 Å². The highest BCUT2D eigenvalue weighted by Crippen LogP contribution is 2.64. The minimum absolute atomic E-state index is 0.000962. The minimum atomic E-state index is -3.53. The molecule has 0 radical (unpaired) electrons. The second-order valence-electron chi connectivity index (χ2n) is 34.6. The number of aliphatic hydroxyl groups is 1. The summed E-state index contributed by atoms with van der Waals surface area (Å²) in [5, 5.41) is 10.1. The van der Waals surface area contributed by atoms with Crippen LogP contribution in [0.1, 0.15) is 182 Å². The molecule has 10 aromatic rings. The molecule has 0 aliphatic carbocycles. The van der Waals surface area contributed by atoms with Crippen molar-refractivity contribution in [2.75, 3.05) is 19.7 Å². The summed E-state index contributed by atoms with van der Waals surface area (Å²) < 4.78 is 161. The standard InChI is InChI=1S/C21H22BrClFNO3S.C21H22BrClFNO2S.C20H20BrClFNO2S.C16H13BrClFO2.C16H11BrClFO2/c1-12-17-15(10-14(24)19(23)18(17)22)28-21(12,13-8-6-5-7-9-13)16-11-25(16)29(26,27)20(2,3)4;1-12-17-15(10-14(24)19(23)18(17)22)27-21(12,13-8-6-5-7-9-13)16-11-25(16)28(26)20(2,3)4;1-12-16-15(10-14(23)18(22)17(16)21)26-20(12,13-8-6-5-7-9-13)11-24-27(25)19(2,3)4;2*1-9-13-12(7-11(19)15(18)14(13)17)21-16(9,8-20)10-5-3-2-4-6-10/h5-10,12,16H,11H2,1-4H3;5-10,12,16H,11H2,1-4H3;5-12H,1-4H3;2-7,9,20H,8H2,1H3;2-9H,1H3/t12-,16?,21-,25?;12-,16?,21-,25?,28?;12-,20-,27?;2*9-,16-/m00000/s1. The van der Waals surface area contributed by atoms with E-state index in [-0.39, 0.29) is 72.1 Å². The normalized spacial score (nSPS) is 26.1. The number of sulfonamides is 1. The molecule has 1 N–H and O–H groups in total. The molecule has 10 aromatic carbocycles. The van der Waals surface area contributed by atoms with Crippen LogP contribution < -0.4 is 23.7 Å². The van der Waals surface area contributed by atoms with Crippen LogP contribution >= 0.6 is 138 Å². The van der Waals surface area contributed by atoms with Crippen LogP contribution in [0.3, 0.4) is 0 Å². The number of rotatable bonds is 13. The summed E-state index contributed by atoms with van der Waals surface area (Å²) in [5.41, 5.74) is 3.27. The molecule has 2 fully saturated rings. The lowest BCUT2D eigenvalue weighted by molar-refractivity contribution is -0.122. The van der Waals surface area contributed by atoms with Crippen molar-refractivity contribution in [2.24, 2.45) is 4.40 Å². The SMILES string of the molecule is C[C@H]1c2c(cc(F)c(Cl)c2Br)O[C@@]1(c1ccccc1)C1CN1S(=O)(=O)C(C)(C)C.C[C@H]1c2c(cc(F)c(Cl)c2Br)O[C@@]1(c1ccccc1)C1CN1S(=O)C(C)(C)C.C[C@H]1c2c(cc(F)c(Cl)c2Br)O[C@]1(C=NS(=O)C(C)(C)C)c1ccccc1.C[C@H]1c2c(cc(F)c(Cl)c2Br)O[C@]1(C=O)c1ccccc1.C[C@H]1c2c(cc(F)c(Cl)c2Br)O[C@]1(CO)c1ccccc1. The number of fused-ring (bicyclic) bond motifs is 5. The van der Waals surface area contributed by atoms with Gasteiger partial charge in [-0.25, -0.2) is 43.1 Å². The number of ether oxygens (including phenoxy) is 5. The van der Waals surface area contributed by atoms with Crippen LogP contribution in [0.15, 0.2) is 209 Å². The zero-order valence-corrected chi connectivity index (χ0v) is 84.6. The first-order valence-corrected chi connectivity index (χ1v) is 49.5. The molecule has 0 aromatic heterocycles. The number of carbonyl (C=O) groups is 1. The van der Waals surface area contributed by atoms with E-state index in [1.165, 1.54) is 34.6 Å². The van der Waals surface area contributed by atoms with E-state index in [0.29, 0.717) is 69.8 Å². The van der Waals surface area contributed by atoms with Gasteiger partial charge < -0.3 is 28.8 Å². The molecular weight excluding hydrogens is 2120 g/mol. The zero-order chi connectivity index (χ0) is 92.2. The van der Waals surface area contributed by atoms with Crippen LogP contribution in [0.5, 0.6) is 28.7 Å². The van der Waals surface area contributed by atoms with Crippen molar-refractivity contribution in [1.29, 1.82) is 0 Å². The van der Waals surface area contributed by atoms with Gasteiger partial charge in [0.25, 0.3) is 0 Å². The highest BCUT2D eigenvalue weighted by molar-refractivity contribution is 9.11. The van der Waals surface area contributed by atoms with Gasteiger partial charge in [0.2, 0.25) is 10.0 Å². The Morgan fingerprint density at radius 2 is 0.738 bits per heavy atom. The van der Waals surface area contributed by atoms with Gasteiger partial charge in [-0.1, -0.05) is 244 Å². The van der Waals surface area contributed by atoms with Crippen LogP contribution in [-0.2, 0) is 64.8 Å². The number of halogens is 15. The fourth-order valence-corrected chi connectivity index (χ4v) is 24.9. The molecule has 0 spiro atoms.